The van der Waals surface area contributed by atoms with Gasteiger partial charge in [0.25, 0.3) is 23.4 Å². The van der Waals surface area contributed by atoms with Crippen LogP contribution in [0.15, 0.2) is 133 Å². The van der Waals surface area contributed by atoms with E-state index in [0.29, 0.717) is 78.5 Å². The Kier molecular flexibility index (Phi) is 13.4. The van der Waals surface area contributed by atoms with Gasteiger partial charge in [-0.15, -0.1) is 0 Å². The highest BCUT2D eigenvalue weighted by Crippen LogP contribution is 2.31. The lowest BCUT2D eigenvalue weighted by atomic mass is 10.1. The van der Waals surface area contributed by atoms with Crippen LogP contribution in [0, 0.1) is 25.5 Å². The summed E-state index contributed by atoms with van der Waals surface area (Å²) >= 11 is 17.9. The molecule has 0 saturated carbocycles. The summed E-state index contributed by atoms with van der Waals surface area (Å²) in [4.78, 5) is 51.7. The lowest BCUT2D eigenvalue weighted by molar-refractivity contribution is -0.113. The predicted octanol–water partition coefficient (Wildman–Crippen LogP) is 11.9. The van der Waals surface area contributed by atoms with Gasteiger partial charge in [0, 0.05) is 78.8 Å². The number of anilines is 2. The first-order valence-electron chi connectivity index (χ1n) is 19.4. The maximum Gasteiger partial charge on any atom is 0.296 e. The Labute approximate surface area is 375 Å². The van der Waals surface area contributed by atoms with Crippen molar-refractivity contribution < 1.29 is 32.7 Å². The molecular weight excluding hydrogens is 869 g/mol. The Balaban J connectivity index is 0.000000189. The summed E-state index contributed by atoms with van der Waals surface area (Å²) in [6.07, 6.45) is 0. The monoisotopic (exact) mass is 904 g/mol. The summed E-state index contributed by atoms with van der Waals surface area (Å²) in [7, 11) is 1.51. The van der Waals surface area contributed by atoms with Gasteiger partial charge in [-0.3, -0.25) is 19.2 Å². The lowest BCUT2D eigenvalue weighted by Crippen LogP contribution is -2.23. The van der Waals surface area contributed by atoms with Crippen LogP contribution in [0.5, 0.6) is 5.75 Å². The van der Waals surface area contributed by atoms with Crippen LogP contribution in [0.1, 0.15) is 43.2 Å². The van der Waals surface area contributed by atoms with Gasteiger partial charge in [0.05, 0.1) is 18.2 Å². The van der Waals surface area contributed by atoms with Crippen molar-refractivity contribution in [2.24, 2.45) is 0 Å². The molecule has 2 aromatic heterocycles. The average molecular weight is 906 g/mol. The third-order valence-corrected chi connectivity index (χ3v) is 11.1. The first kappa shape index (κ1) is 44.3. The van der Waals surface area contributed by atoms with Crippen molar-refractivity contribution in [3.8, 4) is 5.75 Å². The standard InChI is InChI=1S/C25H20ClFN2O3.C24H17Cl2FN2O2/c1-15-23(24(30)25(31)28-19-4-3-5-20(13-19)32-2)21-12-18(27)10-11-22(21)29(15)14-16-6-8-17(26)9-7-16;1-14-22(23(30)24(31)28-19-4-2-3-17(26)11-19)20-12-18(27)9-10-21(20)29(14)13-15-5-7-16(25)8-6-15/h3-13H,14H2,1-2H3,(H,28,31);2-12H,13H2,1H3,(H,28,31). The zero-order valence-electron chi connectivity index (χ0n) is 33.9. The van der Waals surface area contributed by atoms with Crippen LogP contribution in [0.2, 0.25) is 15.1 Å². The van der Waals surface area contributed by atoms with Gasteiger partial charge in [-0.05, 0) is 116 Å². The molecule has 0 atom stereocenters. The number of carbonyl (C=O) groups excluding carboxylic acids is 4. The third-order valence-electron chi connectivity index (χ3n) is 10.4. The maximum absolute atomic E-state index is 14.1. The predicted molar refractivity (Wildman–Crippen MR) is 245 cm³/mol. The highest BCUT2D eigenvalue weighted by atomic mass is 35.5. The second-order valence-corrected chi connectivity index (χ2v) is 15.8. The number of rotatable bonds is 11. The first-order valence-corrected chi connectivity index (χ1v) is 20.5. The van der Waals surface area contributed by atoms with E-state index in [0.717, 1.165) is 11.1 Å². The molecular formula is C49H37Cl3F2N4O5. The zero-order valence-corrected chi connectivity index (χ0v) is 36.2. The van der Waals surface area contributed by atoms with Crippen molar-refractivity contribution >= 4 is 91.4 Å². The number of hydrogen-bond donors (Lipinski definition) is 2. The van der Waals surface area contributed by atoms with Gasteiger partial charge in [0.15, 0.2) is 0 Å². The van der Waals surface area contributed by atoms with Crippen molar-refractivity contribution in [1.29, 1.82) is 0 Å². The van der Waals surface area contributed by atoms with Crippen molar-refractivity contribution in [2.75, 3.05) is 17.7 Å². The number of Topliss-reactive ketones (excluding diaryl/α,β-unsaturated/α-hetero) is 2. The Morgan fingerprint density at radius 3 is 1.40 bits per heavy atom. The zero-order chi connectivity index (χ0) is 44.9. The largest absolute Gasteiger partial charge is 0.497 e. The quantitative estimate of drug-likeness (QED) is 0.0992. The molecule has 0 fully saturated rings. The van der Waals surface area contributed by atoms with E-state index >= 15 is 0 Å². The molecule has 318 valence electrons. The SMILES string of the molecule is COc1cccc(NC(=O)C(=O)c2c(C)n(Cc3ccc(Cl)cc3)c3ccc(F)cc23)c1.Cc1c(C(=O)C(=O)Nc2cccc(Cl)c2)c2cc(F)ccc2n1Cc1ccc(Cl)cc1. The number of nitrogens with zero attached hydrogens (tertiary/aromatic N) is 2. The average Bonchev–Trinajstić information content (AvgIpc) is 3.68. The van der Waals surface area contributed by atoms with Crippen LogP contribution in [0.25, 0.3) is 21.8 Å². The second-order valence-electron chi connectivity index (χ2n) is 14.5. The van der Waals surface area contributed by atoms with Gasteiger partial charge in [-0.25, -0.2) is 8.78 Å². The summed E-state index contributed by atoms with van der Waals surface area (Å²) in [5.41, 5.74) is 5.56. The van der Waals surface area contributed by atoms with Crippen LogP contribution in [-0.4, -0.2) is 39.6 Å². The summed E-state index contributed by atoms with van der Waals surface area (Å²) < 4.78 is 37.0. The molecule has 8 aromatic rings. The van der Waals surface area contributed by atoms with E-state index in [1.807, 2.05) is 33.4 Å². The van der Waals surface area contributed by atoms with Crippen molar-refractivity contribution in [2.45, 2.75) is 26.9 Å². The van der Waals surface area contributed by atoms with Gasteiger partial charge in [-0.1, -0.05) is 71.2 Å². The van der Waals surface area contributed by atoms with Crippen LogP contribution in [0.4, 0.5) is 20.2 Å². The Bertz CT molecular complexity index is 3060. The normalized spacial score (nSPS) is 10.9. The molecule has 2 heterocycles. The second kappa shape index (κ2) is 19.1. The van der Waals surface area contributed by atoms with Crippen molar-refractivity contribution in [1.82, 2.24) is 9.13 Å². The Morgan fingerprint density at radius 1 is 0.540 bits per heavy atom. The topological polar surface area (TPSA) is 111 Å². The molecule has 2 N–H and O–H groups in total. The van der Waals surface area contributed by atoms with Crippen molar-refractivity contribution in [3.63, 3.8) is 0 Å². The van der Waals surface area contributed by atoms with E-state index in [-0.39, 0.29) is 11.1 Å². The fourth-order valence-corrected chi connectivity index (χ4v) is 7.75. The number of hydrogen-bond acceptors (Lipinski definition) is 5. The smallest absolute Gasteiger partial charge is 0.296 e. The molecule has 0 spiro atoms. The van der Waals surface area contributed by atoms with Crippen LogP contribution in [-0.2, 0) is 22.7 Å². The fraction of sp³-hybridized carbons (Fsp3) is 0.102. The minimum Gasteiger partial charge on any atom is -0.497 e. The molecule has 14 heteroatoms. The van der Waals surface area contributed by atoms with E-state index in [4.69, 9.17) is 39.5 Å². The minimum absolute atomic E-state index is 0.169. The highest BCUT2D eigenvalue weighted by Gasteiger charge is 2.27. The number of carbonyl (C=O) groups is 4. The molecule has 6 aromatic carbocycles. The van der Waals surface area contributed by atoms with E-state index < -0.39 is 35.0 Å². The number of ketones is 2. The molecule has 0 saturated heterocycles. The molecule has 0 aliphatic rings. The van der Waals surface area contributed by atoms with Gasteiger partial charge in [0.2, 0.25) is 0 Å². The molecule has 0 aliphatic heterocycles. The molecule has 8 rings (SSSR count). The maximum atomic E-state index is 14.1. The van der Waals surface area contributed by atoms with E-state index in [1.54, 1.807) is 98.8 Å². The van der Waals surface area contributed by atoms with Gasteiger partial charge >= 0.3 is 0 Å². The number of ether oxygens (including phenoxy) is 1. The number of fused-ring (bicyclic) bond motifs is 2. The molecule has 0 bridgehead atoms. The molecule has 2 amide bonds. The van der Waals surface area contributed by atoms with E-state index in [1.165, 1.54) is 31.4 Å². The van der Waals surface area contributed by atoms with Gasteiger partial charge < -0.3 is 24.5 Å². The number of nitrogens with one attached hydrogen (secondary N) is 2. The summed E-state index contributed by atoms with van der Waals surface area (Å²) in [6.45, 7) is 4.37. The Hall–Kier alpha value is -6.79. The van der Waals surface area contributed by atoms with Gasteiger partial charge in [0.1, 0.15) is 17.4 Å². The van der Waals surface area contributed by atoms with E-state index in [9.17, 15) is 28.0 Å². The molecule has 63 heavy (non-hydrogen) atoms. The number of methoxy groups -OCH3 is 1. The first-order chi connectivity index (χ1) is 30.2. The van der Waals surface area contributed by atoms with Crippen LogP contribution < -0.4 is 15.4 Å². The molecule has 0 radical (unpaired) electrons. The summed E-state index contributed by atoms with van der Waals surface area (Å²) in [5.74, 6) is -3.54. The number of amides is 2. The van der Waals surface area contributed by atoms with E-state index in [2.05, 4.69) is 10.6 Å². The molecule has 9 nitrogen and oxygen atoms in total. The Morgan fingerprint density at radius 2 is 0.968 bits per heavy atom. The lowest BCUT2D eigenvalue weighted by Gasteiger charge is -2.09. The van der Waals surface area contributed by atoms with Crippen molar-refractivity contribution in [3.05, 3.63) is 194 Å². The van der Waals surface area contributed by atoms with Crippen LogP contribution in [0.3, 0.4) is 0 Å². The fourth-order valence-electron chi connectivity index (χ4n) is 7.30. The summed E-state index contributed by atoms with van der Waals surface area (Å²) in [5, 5.41) is 7.61. The highest BCUT2D eigenvalue weighted by molar-refractivity contribution is 6.49. The molecule has 0 unspecified atom stereocenters. The number of benzene rings is 6. The van der Waals surface area contributed by atoms with Crippen LogP contribution >= 0.6 is 34.8 Å². The number of halogens is 5. The van der Waals surface area contributed by atoms with Gasteiger partial charge in [-0.2, -0.15) is 0 Å². The summed E-state index contributed by atoms with van der Waals surface area (Å²) in [6, 6.07) is 36.3. The third kappa shape index (κ3) is 9.97. The minimum atomic E-state index is -0.819. The molecule has 0 aliphatic carbocycles. The number of aromatic nitrogens is 2.